The first-order valence-corrected chi connectivity index (χ1v) is 9.18. The average Bonchev–Trinajstić information content (AvgIpc) is 2.67. The molecule has 3 N–H and O–H groups in total. The number of aromatic nitrogens is 1. The Hall–Kier alpha value is -3.19. The number of halogens is 1. The molecule has 6 nitrogen and oxygen atoms in total. The number of aliphatic hydroxyl groups excluding tert-OH is 1. The quantitative estimate of drug-likeness (QED) is 0.577. The van der Waals surface area contributed by atoms with E-state index in [1.807, 2.05) is 12.1 Å². The Morgan fingerprint density at radius 2 is 1.90 bits per heavy atom. The third kappa shape index (κ3) is 4.63. The van der Waals surface area contributed by atoms with E-state index in [2.05, 4.69) is 10.3 Å². The number of rotatable bonds is 4. The maximum Gasteiger partial charge on any atom is 0.407 e. The van der Waals surface area contributed by atoms with Gasteiger partial charge in [0.05, 0.1) is 6.33 Å². The summed E-state index contributed by atoms with van der Waals surface area (Å²) in [6.45, 7) is 4.95. The predicted molar refractivity (Wildman–Crippen MR) is 110 cm³/mol. The Labute approximate surface area is 167 Å². The third-order valence-electron chi connectivity index (χ3n) is 4.40. The van der Waals surface area contributed by atoms with Crippen molar-refractivity contribution in [3.63, 3.8) is 0 Å². The lowest BCUT2D eigenvalue weighted by molar-refractivity contribution is 0.0529. The molecule has 2 aromatic carbocycles. The van der Waals surface area contributed by atoms with Gasteiger partial charge >= 0.3 is 6.09 Å². The molecule has 1 aromatic heterocycles. The van der Waals surface area contributed by atoms with Gasteiger partial charge in [0.15, 0.2) is 0 Å². The number of carbonyl (C=O) groups is 1. The van der Waals surface area contributed by atoms with Crippen LogP contribution in [0.3, 0.4) is 0 Å². The highest BCUT2D eigenvalue weighted by Gasteiger charge is 2.19. The zero-order valence-corrected chi connectivity index (χ0v) is 16.5. The highest BCUT2D eigenvalue weighted by atomic mass is 19.1. The Morgan fingerprint density at radius 3 is 2.55 bits per heavy atom. The molecule has 1 atom stereocenters. The average molecular weight is 398 g/mol. The van der Waals surface area contributed by atoms with E-state index >= 15 is 0 Å². The summed E-state index contributed by atoms with van der Waals surface area (Å²) >= 11 is 0. The second kappa shape index (κ2) is 8.05. The zero-order valence-electron chi connectivity index (χ0n) is 16.5. The molecule has 1 unspecified atom stereocenters. The molecule has 0 spiro atoms. The topological polar surface area (TPSA) is 91.4 Å². The van der Waals surface area contributed by atoms with Gasteiger partial charge in [-0.1, -0.05) is 24.3 Å². The van der Waals surface area contributed by atoms with Crippen molar-refractivity contribution in [2.75, 3.05) is 6.54 Å². The Bertz CT molecular complexity index is 1140. The van der Waals surface area contributed by atoms with Crippen LogP contribution < -0.4 is 10.9 Å². The minimum Gasteiger partial charge on any atom is -0.444 e. The van der Waals surface area contributed by atoms with Crippen molar-refractivity contribution in [2.24, 2.45) is 0 Å². The van der Waals surface area contributed by atoms with Crippen LogP contribution in [0.1, 0.15) is 32.4 Å². The molecule has 0 fully saturated rings. The zero-order chi connectivity index (χ0) is 21.2. The van der Waals surface area contributed by atoms with Crippen LogP contribution in [0.2, 0.25) is 0 Å². The molecular formula is C22H23FN2O4. The number of hydrogen-bond acceptors (Lipinski definition) is 4. The van der Waals surface area contributed by atoms with Crippen LogP contribution in [0, 0.1) is 0 Å². The van der Waals surface area contributed by atoms with Crippen molar-refractivity contribution in [2.45, 2.75) is 32.5 Å². The van der Waals surface area contributed by atoms with Crippen molar-refractivity contribution in [3.8, 4) is 0 Å². The molecule has 0 aliphatic heterocycles. The summed E-state index contributed by atoms with van der Waals surface area (Å²) in [5.74, 6) is 0. The van der Waals surface area contributed by atoms with Gasteiger partial charge in [-0.3, -0.25) is 4.79 Å². The number of pyridine rings is 1. The van der Waals surface area contributed by atoms with E-state index in [1.165, 1.54) is 0 Å². The fourth-order valence-corrected chi connectivity index (χ4v) is 3.07. The summed E-state index contributed by atoms with van der Waals surface area (Å²) in [6, 6.07) is 12.1. The first kappa shape index (κ1) is 20.5. The van der Waals surface area contributed by atoms with Gasteiger partial charge in [-0.2, -0.15) is 0 Å². The molecule has 3 aromatic rings. The van der Waals surface area contributed by atoms with Crippen LogP contribution in [0.25, 0.3) is 21.7 Å². The second-order valence-corrected chi connectivity index (χ2v) is 7.75. The molecule has 3 rings (SSSR count). The van der Waals surface area contributed by atoms with E-state index in [9.17, 15) is 19.1 Å². The van der Waals surface area contributed by atoms with Crippen LogP contribution in [-0.4, -0.2) is 28.3 Å². The van der Waals surface area contributed by atoms with Crippen molar-refractivity contribution in [3.05, 3.63) is 70.3 Å². The van der Waals surface area contributed by atoms with Gasteiger partial charge in [-0.15, -0.1) is 0 Å². The minimum absolute atomic E-state index is 0.0241. The molecule has 1 amide bonds. The molecule has 0 aliphatic rings. The lowest BCUT2D eigenvalue weighted by atomic mass is 9.98. The van der Waals surface area contributed by atoms with E-state index in [1.54, 1.807) is 51.1 Å². The number of ether oxygens (including phenoxy) is 1. The third-order valence-corrected chi connectivity index (χ3v) is 4.40. The lowest BCUT2D eigenvalue weighted by Gasteiger charge is -2.21. The number of carbonyl (C=O) groups excluding carboxylic acids is 1. The monoisotopic (exact) mass is 398 g/mol. The Morgan fingerprint density at radius 1 is 1.21 bits per heavy atom. The van der Waals surface area contributed by atoms with Crippen LogP contribution in [0.15, 0.2) is 59.2 Å². The van der Waals surface area contributed by atoms with E-state index in [0.29, 0.717) is 16.5 Å². The number of aromatic amines is 1. The van der Waals surface area contributed by atoms with Gasteiger partial charge in [0, 0.05) is 28.4 Å². The molecule has 0 aliphatic carbocycles. The number of H-pyrrole nitrogens is 1. The number of aliphatic hydroxyl groups is 1. The predicted octanol–water partition coefficient (Wildman–Crippen LogP) is 4.09. The van der Waals surface area contributed by atoms with Crippen LogP contribution in [0.4, 0.5) is 9.18 Å². The summed E-state index contributed by atoms with van der Waals surface area (Å²) in [4.78, 5) is 26.8. The van der Waals surface area contributed by atoms with Crippen LogP contribution in [-0.2, 0) is 4.74 Å². The number of fused-ring (bicyclic) bond motifs is 3. The summed E-state index contributed by atoms with van der Waals surface area (Å²) in [5, 5.41) is 15.1. The number of hydrogen-bond donors (Lipinski definition) is 3. The van der Waals surface area contributed by atoms with Gasteiger partial charge in [0.2, 0.25) is 0 Å². The molecule has 152 valence electrons. The first-order chi connectivity index (χ1) is 13.7. The molecule has 0 saturated carbocycles. The van der Waals surface area contributed by atoms with E-state index in [-0.39, 0.29) is 24.0 Å². The van der Waals surface area contributed by atoms with Gasteiger partial charge in [0.25, 0.3) is 5.56 Å². The highest BCUT2D eigenvalue weighted by Crippen LogP contribution is 2.28. The van der Waals surface area contributed by atoms with E-state index < -0.39 is 17.8 Å². The largest absolute Gasteiger partial charge is 0.444 e. The molecule has 29 heavy (non-hydrogen) atoms. The lowest BCUT2D eigenvalue weighted by Crippen LogP contribution is -2.34. The Kier molecular flexibility index (Phi) is 5.70. The second-order valence-electron chi connectivity index (χ2n) is 7.75. The number of amides is 1. The fraction of sp³-hybridized carbons (Fsp3) is 0.273. The Balaban J connectivity index is 1.89. The van der Waals surface area contributed by atoms with Crippen molar-refractivity contribution in [1.29, 1.82) is 0 Å². The molecule has 0 radical (unpaired) electrons. The maximum atomic E-state index is 13.4. The highest BCUT2D eigenvalue weighted by molar-refractivity contribution is 6.05. The van der Waals surface area contributed by atoms with Gasteiger partial charge < -0.3 is 20.1 Å². The molecule has 0 saturated heterocycles. The minimum atomic E-state index is -1.27. The normalized spacial score (nSPS) is 13.5. The number of benzene rings is 2. The molecule has 1 heterocycles. The molecular weight excluding hydrogens is 375 g/mol. The summed E-state index contributed by atoms with van der Waals surface area (Å²) in [6.07, 6.45) is -1.70. The maximum absolute atomic E-state index is 13.4. The van der Waals surface area contributed by atoms with Crippen molar-refractivity contribution >= 4 is 27.8 Å². The smallest absolute Gasteiger partial charge is 0.407 e. The van der Waals surface area contributed by atoms with Gasteiger partial charge in [-0.05, 0) is 49.9 Å². The summed E-state index contributed by atoms with van der Waals surface area (Å²) in [5.41, 5.74) is 0.140. The van der Waals surface area contributed by atoms with Crippen LogP contribution in [0.5, 0.6) is 0 Å². The first-order valence-electron chi connectivity index (χ1n) is 9.18. The van der Waals surface area contributed by atoms with Crippen molar-refractivity contribution < 1.29 is 19.0 Å². The van der Waals surface area contributed by atoms with E-state index in [4.69, 9.17) is 4.74 Å². The molecule has 0 bridgehead atoms. The van der Waals surface area contributed by atoms with Crippen LogP contribution >= 0.6 is 0 Å². The summed E-state index contributed by atoms with van der Waals surface area (Å²) < 4.78 is 18.6. The fourth-order valence-electron chi connectivity index (χ4n) is 3.07. The SMILES string of the molecule is CC(C)(C)OC(=O)NC/C(=C\F)C(O)c1ccc2[nH]c(=O)c3ccccc3c2c1. The summed E-state index contributed by atoms with van der Waals surface area (Å²) in [7, 11) is 0. The van der Waals surface area contributed by atoms with Crippen molar-refractivity contribution in [1.82, 2.24) is 10.3 Å². The number of nitrogens with one attached hydrogen (secondary N) is 2. The van der Waals surface area contributed by atoms with Gasteiger partial charge in [0.1, 0.15) is 11.7 Å². The number of alkyl carbamates (subject to hydrolysis) is 1. The standard InChI is InChI=1S/C22H23FN2O4/c1-22(2,3)29-21(28)24-12-14(11-23)19(26)13-8-9-18-17(10-13)15-6-4-5-7-16(15)20(27)25-18/h4-11,19,26H,12H2,1-3H3,(H,24,28)(H,25,27)/b14-11+. The van der Waals surface area contributed by atoms with Gasteiger partial charge in [-0.25, -0.2) is 9.18 Å². The molecule has 7 heteroatoms. The van der Waals surface area contributed by atoms with E-state index in [0.717, 1.165) is 10.8 Å².